The van der Waals surface area contributed by atoms with E-state index in [-0.39, 0.29) is 54.2 Å². The molecule has 4 rings (SSSR count). The van der Waals surface area contributed by atoms with Gasteiger partial charge in [0.15, 0.2) is 11.6 Å². The first kappa shape index (κ1) is 20.4. The number of anilines is 2. The molecule has 11 heteroatoms. The van der Waals surface area contributed by atoms with Gasteiger partial charge in [-0.2, -0.15) is 4.31 Å². The maximum Gasteiger partial charge on any atom is 0.243 e. The molecule has 0 saturated carbocycles. The van der Waals surface area contributed by atoms with Crippen LogP contribution < -0.4 is 9.80 Å². The fourth-order valence-electron chi connectivity index (χ4n) is 3.59. The molecule has 2 aliphatic rings. The van der Waals surface area contributed by atoms with Gasteiger partial charge in [-0.3, -0.25) is 14.5 Å². The van der Waals surface area contributed by atoms with E-state index < -0.39 is 15.8 Å². The molecule has 30 heavy (non-hydrogen) atoms. The number of aryl methyl sites for hydroxylation is 1. The number of aromatic nitrogens is 2. The Morgan fingerprint density at radius 3 is 2.13 bits per heavy atom. The summed E-state index contributed by atoms with van der Waals surface area (Å²) in [4.78, 5) is 34.3. The average molecular weight is 433 g/mol. The maximum absolute atomic E-state index is 14.3. The summed E-state index contributed by atoms with van der Waals surface area (Å²) in [5.41, 5.74) is 0.603. The van der Waals surface area contributed by atoms with Crippen molar-refractivity contribution in [2.75, 3.05) is 36.0 Å². The summed E-state index contributed by atoms with van der Waals surface area (Å²) in [6.45, 7) is 2.49. The summed E-state index contributed by atoms with van der Waals surface area (Å²) in [6, 6.07) is 5.71. The molecule has 2 saturated heterocycles. The van der Waals surface area contributed by atoms with Crippen LogP contribution in [0, 0.1) is 12.7 Å². The van der Waals surface area contributed by atoms with Gasteiger partial charge in [-0.05, 0) is 31.2 Å². The number of carbonyl (C=O) groups is 2. The quantitative estimate of drug-likeness (QED) is 0.665. The van der Waals surface area contributed by atoms with Crippen LogP contribution in [0.15, 0.2) is 35.5 Å². The minimum atomic E-state index is -3.76. The number of imide groups is 1. The smallest absolute Gasteiger partial charge is 0.243 e. The Kier molecular flexibility index (Phi) is 5.24. The van der Waals surface area contributed by atoms with Gasteiger partial charge in [0.2, 0.25) is 21.8 Å². The molecule has 0 spiro atoms. The highest BCUT2D eigenvalue weighted by molar-refractivity contribution is 7.89. The lowest BCUT2D eigenvalue weighted by Crippen LogP contribution is -2.49. The van der Waals surface area contributed by atoms with E-state index >= 15 is 0 Å². The van der Waals surface area contributed by atoms with Crippen LogP contribution >= 0.6 is 0 Å². The van der Waals surface area contributed by atoms with E-state index in [9.17, 15) is 22.4 Å². The fourth-order valence-corrected chi connectivity index (χ4v) is 5.01. The normalized spacial score (nSPS) is 18.3. The summed E-state index contributed by atoms with van der Waals surface area (Å²) >= 11 is 0. The second kappa shape index (κ2) is 7.73. The number of hydrogen-bond donors (Lipinski definition) is 0. The third kappa shape index (κ3) is 3.54. The zero-order chi connectivity index (χ0) is 21.5. The van der Waals surface area contributed by atoms with Crippen molar-refractivity contribution in [2.45, 2.75) is 24.7 Å². The standard InChI is InChI=1S/C19H20FN5O4S/c1-13-18(20)19(22-12-21-13)23-8-10-24(11-9-23)30(28,29)15-4-2-14(3-5-15)25-16(26)6-7-17(25)27/h2-5,12H,6-11H2,1H3. The van der Waals surface area contributed by atoms with Crippen LogP contribution in [0.1, 0.15) is 18.5 Å². The number of piperazine rings is 1. The minimum Gasteiger partial charge on any atom is -0.351 e. The van der Waals surface area contributed by atoms with Crippen molar-refractivity contribution in [3.63, 3.8) is 0 Å². The highest BCUT2D eigenvalue weighted by Crippen LogP contribution is 2.26. The predicted octanol–water partition coefficient (Wildman–Crippen LogP) is 1.09. The van der Waals surface area contributed by atoms with Gasteiger partial charge in [0.1, 0.15) is 6.33 Å². The number of amides is 2. The first-order valence-electron chi connectivity index (χ1n) is 9.47. The van der Waals surface area contributed by atoms with Crippen molar-refractivity contribution in [3.05, 3.63) is 42.1 Å². The monoisotopic (exact) mass is 433 g/mol. The highest BCUT2D eigenvalue weighted by Gasteiger charge is 2.32. The Hall–Kier alpha value is -2.92. The number of sulfonamides is 1. The van der Waals surface area contributed by atoms with Crippen LogP contribution in [-0.4, -0.2) is 60.7 Å². The van der Waals surface area contributed by atoms with Crippen LogP contribution in [-0.2, 0) is 19.6 Å². The largest absolute Gasteiger partial charge is 0.351 e. The zero-order valence-corrected chi connectivity index (χ0v) is 17.1. The molecular formula is C19H20FN5O4S. The molecule has 2 aromatic rings. The van der Waals surface area contributed by atoms with Crippen LogP contribution in [0.25, 0.3) is 0 Å². The Balaban J connectivity index is 1.47. The Morgan fingerprint density at radius 1 is 0.933 bits per heavy atom. The van der Waals surface area contributed by atoms with Crippen LogP contribution in [0.3, 0.4) is 0 Å². The lowest BCUT2D eigenvalue weighted by molar-refractivity contribution is -0.121. The second-order valence-corrected chi connectivity index (χ2v) is 9.04. The molecule has 158 valence electrons. The van der Waals surface area contributed by atoms with E-state index in [1.807, 2.05) is 0 Å². The Morgan fingerprint density at radius 2 is 1.53 bits per heavy atom. The number of carbonyl (C=O) groups excluding carboxylic acids is 2. The molecule has 0 N–H and O–H groups in total. The number of nitrogens with zero attached hydrogens (tertiary/aromatic N) is 5. The summed E-state index contributed by atoms with van der Waals surface area (Å²) in [5, 5.41) is 0. The Labute approximate surface area is 173 Å². The molecule has 2 fully saturated rings. The zero-order valence-electron chi connectivity index (χ0n) is 16.3. The Bertz CT molecular complexity index is 1080. The van der Waals surface area contributed by atoms with Crippen molar-refractivity contribution in [3.8, 4) is 0 Å². The van der Waals surface area contributed by atoms with Crippen molar-refractivity contribution >= 4 is 33.3 Å². The molecule has 2 aliphatic heterocycles. The van der Waals surface area contributed by atoms with Crippen molar-refractivity contribution in [1.82, 2.24) is 14.3 Å². The van der Waals surface area contributed by atoms with E-state index in [1.54, 1.807) is 11.8 Å². The third-order valence-electron chi connectivity index (χ3n) is 5.27. The highest BCUT2D eigenvalue weighted by atomic mass is 32.2. The number of benzene rings is 1. The SMILES string of the molecule is Cc1ncnc(N2CCN(S(=O)(=O)c3ccc(N4C(=O)CCC4=O)cc3)CC2)c1F. The van der Waals surface area contributed by atoms with Gasteiger partial charge in [0.25, 0.3) is 0 Å². The van der Waals surface area contributed by atoms with Gasteiger partial charge in [-0.25, -0.2) is 22.8 Å². The van der Waals surface area contributed by atoms with Gasteiger partial charge in [-0.1, -0.05) is 0 Å². The average Bonchev–Trinajstić information content (AvgIpc) is 3.08. The van der Waals surface area contributed by atoms with Gasteiger partial charge in [0.05, 0.1) is 16.3 Å². The fraction of sp³-hybridized carbons (Fsp3) is 0.368. The van der Waals surface area contributed by atoms with E-state index in [0.717, 1.165) is 4.90 Å². The first-order valence-corrected chi connectivity index (χ1v) is 10.9. The molecule has 1 aromatic carbocycles. The number of hydrogen-bond acceptors (Lipinski definition) is 7. The summed E-state index contributed by atoms with van der Waals surface area (Å²) in [7, 11) is -3.76. The molecule has 0 atom stereocenters. The number of rotatable bonds is 4. The van der Waals surface area contributed by atoms with E-state index in [1.165, 1.54) is 34.9 Å². The molecule has 0 bridgehead atoms. The molecule has 0 unspecified atom stereocenters. The third-order valence-corrected chi connectivity index (χ3v) is 7.18. The van der Waals surface area contributed by atoms with Crippen LogP contribution in [0.5, 0.6) is 0 Å². The molecule has 2 amide bonds. The molecule has 0 radical (unpaired) electrons. The lowest BCUT2D eigenvalue weighted by atomic mass is 10.3. The predicted molar refractivity (Wildman–Crippen MR) is 106 cm³/mol. The molecule has 9 nitrogen and oxygen atoms in total. The summed E-state index contributed by atoms with van der Waals surface area (Å²) < 4.78 is 41.5. The van der Waals surface area contributed by atoms with Crippen molar-refractivity contribution < 1.29 is 22.4 Å². The van der Waals surface area contributed by atoms with E-state index in [2.05, 4.69) is 9.97 Å². The van der Waals surface area contributed by atoms with Gasteiger partial charge in [-0.15, -0.1) is 0 Å². The maximum atomic E-state index is 14.3. The summed E-state index contributed by atoms with van der Waals surface area (Å²) in [5.74, 6) is -0.919. The molecule has 1 aromatic heterocycles. The van der Waals surface area contributed by atoms with Gasteiger partial charge >= 0.3 is 0 Å². The lowest BCUT2D eigenvalue weighted by Gasteiger charge is -2.34. The van der Waals surface area contributed by atoms with Gasteiger partial charge in [0, 0.05) is 39.0 Å². The van der Waals surface area contributed by atoms with Crippen LogP contribution in [0.4, 0.5) is 15.9 Å². The minimum absolute atomic E-state index is 0.0721. The summed E-state index contributed by atoms with van der Waals surface area (Å²) in [6.07, 6.45) is 1.61. The van der Waals surface area contributed by atoms with E-state index in [0.29, 0.717) is 18.8 Å². The van der Waals surface area contributed by atoms with Gasteiger partial charge < -0.3 is 4.90 Å². The topological polar surface area (TPSA) is 104 Å². The number of halogens is 1. The second-order valence-electron chi connectivity index (χ2n) is 7.10. The van der Waals surface area contributed by atoms with E-state index in [4.69, 9.17) is 0 Å². The van der Waals surface area contributed by atoms with Crippen molar-refractivity contribution in [1.29, 1.82) is 0 Å². The first-order chi connectivity index (χ1) is 14.3. The molecular weight excluding hydrogens is 413 g/mol. The van der Waals surface area contributed by atoms with Crippen molar-refractivity contribution in [2.24, 2.45) is 0 Å². The molecule has 3 heterocycles. The molecule has 0 aliphatic carbocycles. The van der Waals surface area contributed by atoms with Crippen LogP contribution in [0.2, 0.25) is 0 Å².